The molecule has 1 amide bonds. The largest absolute Gasteiger partial charge is 0.493 e. The molecule has 3 aliphatic heterocycles. The Kier molecular flexibility index (Phi) is 3.33. The fraction of sp³-hybridized carbons (Fsp3) is 0.150. The van der Waals surface area contributed by atoms with E-state index in [0.717, 1.165) is 5.56 Å². The maximum atomic E-state index is 11.7. The van der Waals surface area contributed by atoms with E-state index in [2.05, 4.69) is 11.1 Å². The van der Waals surface area contributed by atoms with Crippen molar-refractivity contribution in [2.24, 2.45) is 10.7 Å². The Hall–Kier alpha value is -3.99. The van der Waals surface area contributed by atoms with Crippen LogP contribution in [0, 0.1) is 11.3 Å². The molecule has 0 bridgehead atoms. The van der Waals surface area contributed by atoms with Crippen molar-refractivity contribution in [3.8, 4) is 29.1 Å². The molecule has 1 unspecified atom stereocenters. The molecule has 8 nitrogen and oxygen atoms in total. The third-order valence-electron chi connectivity index (χ3n) is 4.91. The summed E-state index contributed by atoms with van der Waals surface area (Å²) < 4.78 is 22.1. The van der Waals surface area contributed by atoms with Crippen LogP contribution in [0.1, 0.15) is 17.0 Å². The molecule has 2 N–H and O–H groups in total. The average molecular weight is 375 g/mol. The Bertz CT molecular complexity index is 1260. The Balaban J connectivity index is 1.78. The number of nitriles is 1. The van der Waals surface area contributed by atoms with Gasteiger partial charge in [0.05, 0.1) is 18.4 Å². The maximum absolute atomic E-state index is 11.7. The molecule has 0 saturated heterocycles. The molecule has 0 radical (unpaired) electrons. The van der Waals surface area contributed by atoms with Gasteiger partial charge in [-0.1, -0.05) is 6.07 Å². The number of rotatable bonds is 2. The predicted molar refractivity (Wildman–Crippen MR) is 95.1 cm³/mol. The summed E-state index contributed by atoms with van der Waals surface area (Å²) in [5, 5.41) is 10.8. The van der Waals surface area contributed by atoms with E-state index in [1.54, 1.807) is 24.3 Å². The minimum atomic E-state index is -0.522. The highest BCUT2D eigenvalue weighted by Gasteiger charge is 2.34. The monoisotopic (exact) mass is 375 g/mol. The van der Waals surface area contributed by atoms with E-state index < -0.39 is 5.92 Å². The quantitative estimate of drug-likeness (QED) is 0.816. The minimum absolute atomic E-state index is 0.0159. The molecule has 0 aromatic heterocycles. The summed E-state index contributed by atoms with van der Waals surface area (Å²) in [6, 6.07) is 9.23. The summed E-state index contributed by atoms with van der Waals surface area (Å²) in [6.45, 7) is 0.0919. The lowest BCUT2D eigenvalue weighted by Gasteiger charge is -2.27. The highest BCUT2D eigenvalue weighted by atomic mass is 16.7. The van der Waals surface area contributed by atoms with Crippen LogP contribution in [0.25, 0.3) is 6.08 Å². The second kappa shape index (κ2) is 5.76. The number of ether oxygens (including phenoxy) is 4. The van der Waals surface area contributed by atoms with Gasteiger partial charge in [0, 0.05) is 16.9 Å². The summed E-state index contributed by atoms with van der Waals surface area (Å²) in [5.74, 6) is 1.06. The summed E-state index contributed by atoms with van der Waals surface area (Å²) in [5.41, 5.74) is 7.75. The number of allylic oxidation sites excluding steroid dienone is 1. The molecule has 0 fully saturated rings. The predicted octanol–water partition coefficient (Wildman–Crippen LogP) is 0.582. The highest BCUT2D eigenvalue weighted by Crippen LogP contribution is 2.47. The molecular weight excluding hydrogens is 362 g/mol. The van der Waals surface area contributed by atoms with Crippen molar-refractivity contribution in [3.05, 3.63) is 57.4 Å². The van der Waals surface area contributed by atoms with Crippen molar-refractivity contribution < 1.29 is 23.7 Å². The van der Waals surface area contributed by atoms with Gasteiger partial charge in [-0.3, -0.25) is 4.79 Å². The normalized spacial score (nSPS) is 18.4. The number of benzene rings is 2. The van der Waals surface area contributed by atoms with Crippen LogP contribution < -0.4 is 35.3 Å². The van der Waals surface area contributed by atoms with E-state index in [4.69, 9.17) is 24.7 Å². The zero-order valence-corrected chi connectivity index (χ0v) is 14.7. The number of hydrogen-bond acceptors (Lipinski definition) is 7. The van der Waals surface area contributed by atoms with E-state index >= 15 is 0 Å². The molecule has 3 aliphatic rings. The Morgan fingerprint density at radius 1 is 1.29 bits per heavy atom. The first-order valence-corrected chi connectivity index (χ1v) is 8.43. The van der Waals surface area contributed by atoms with Gasteiger partial charge < -0.3 is 24.7 Å². The number of hydrogen-bond donors (Lipinski definition) is 1. The van der Waals surface area contributed by atoms with Crippen LogP contribution >= 0.6 is 0 Å². The molecule has 5 rings (SSSR count). The molecule has 0 spiro atoms. The number of amides is 1. The topological polar surface area (TPSA) is 116 Å². The van der Waals surface area contributed by atoms with E-state index in [1.807, 2.05) is 0 Å². The lowest BCUT2D eigenvalue weighted by atomic mass is 9.83. The number of nitrogens with two attached hydrogens (primary N) is 1. The fourth-order valence-electron chi connectivity index (χ4n) is 3.70. The first-order chi connectivity index (χ1) is 13.6. The van der Waals surface area contributed by atoms with Gasteiger partial charge in [-0.05, 0) is 23.8 Å². The van der Waals surface area contributed by atoms with Crippen molar-refractivity contribution >= 4 is 12.0 Å². The number of methoxy groups -OCH3 is 1. The van der Waals surface area contributed by atoms with Gasteiger partial charge in [0.15, 0.2) is 11.5 Å². The van der Waals surface area contributed by atoms with Crippen molar-refractivity contribution in [2.45, 2.75) is 5.92 Å². The molecule has 2 aromatic rings. The van der Waals surface area contributed by atoms with E-state index in [0.29, 0.717) is 39.1 Å². The lowest BCUT2D eigenvalue weighted by molar-refractivity contribution is -0.112. The summed E-state index contributed by atoms with van der Waals surface area (Å²) in [7, 11) is 1.53. The van der Waals surface area contributed by atoms with E-state index in [9.17, 15) is 10.1 Å². The van der Waals surface area contributed by atoms with Gasteiger partial charge >= 0.3 is 0 Å². The number of nitrogens with zero attached hydrogens (tertiary/aromatic N) is 2. The number of fused-ring (bicyclic) bond motifs is 4. The van der Waals surface area contributed by atoms with Crippen LogP contribution in [0.2, 0.25) is 0 Å². The Labute approximate surface area is 158 Å². The first-order valence-electron chi connectivity index (χ1n) is 8.43. The molecule has 28 heavy (non-hydrogen) atoms. The average Bonchev–Trinajstić information content (AvgIpc) is 3.31. The molecule has 1 atom stereocenters. The molecule has 8 heteroatoms. The zero-order valence-electron chi connectivity index (χ0n) is 14.7. The first kappa shape index (κ1) is 16.2. The second-order valence-electron chi connectivity index (χ2n) is 6.39. The van der Waals surface area contributed by atoms with Gasteiger partial charge in [0.1, 0.15) is 17.4 Å². The van der Waals surface area contributed by atoms with Crippen LogP contribution in [-0.4, -0.2) is 19.8 Å². The van der Waals surface area contributed by atoms with Crippen LogP contribution in [0.4, 0.5) is 0 Å². The molecule has 0 saturated carbocycles. The van der Waals surface area contributed by atoms with Gasteiger partial charge in [0.2, 0.25) is 18.4 Å². The van der Waals surface area contributed by atoms with E-state index in [-0.39, 0.29) is 24.2 Å². The molecule has 2 aromatic carbocycles. The Morgan fingerprint density at radius 3 is 2.93 bits per heavy atom. The maximum Gasteiger partial charge on any atom is 0.271 e. The smallest absolute Gasteiger partial charge is 0.271 e. The molecule has 138 valence electrons. The van der Waals surface area contributed by atoms with Crippen LogP contribution in [-0.2, 0) is 4.79 Å². The number of carbonyl (C=O) groups excluding carboxylic acids is 1. The third kappa shape index (κ3) is 2.16. The summed E-state index contributed by atoms with van der Waals surface area (Å²) in [6.07, 6.45) is 1.40. The SMILES string of the molecule is COc1cc(C2C(C#N)=C(N)Oc3c2ccc2c3=CC(=O)N=2)cc2c1OCO2. The van der Waals surface area contributed by atoms with Crippen LogP contribution in [0.3, 0.4) is 0 Å². The fourth-order valence-corrected chi connectivity index (χ4v) is 3.70. The minimum Gasteiger partial charge on any atom is -0.493 e. The molecular formula is C20H13N3O5. The standard InChI is InChI=1S/C20H13N3O5/c1-25-14-4-9(5-15-19(14)27-8-26-15)17-10-2-3-13-11(6-16(24)23-13)18(10)28-20(22)12(17)7-21/h2-6,17H,8,22H2,1H3. The summed E-state index contributed by atoms with van der Waals surface area (Å²) in [4.78, 5) is 15.7. The van der Waals surface area contributed by atoms with Gasteiger partial charge in [0.25, 0.3) is 5.91 Å². The number of carbonyl (C=O) groups is 1. The van der Waals surface area contributed by atoms with Gasteiger partial charge in [-0.15, -0.1) is 0 Å². The van der Waals surface area contributed by atoms with Crippen molar-refractivity contribution in [3.63, 3.8) is 0 Å². The van der Waals surface area contributed by atoms with Gasteiger partial charge in [-0.25, -0.2) is 4.99 Å². The van der Waals surface area contributed by atoms with Gasteiger partial charge in [-0.2, -0.15) is 5.26 Å². The van der Waals surface area contributed by atoms with Crippen LogP contribution in [0.5, 0.6) is 23.0 Å². The van der Waals surface area contributed by atoms with Crippen molar-refractivity contribution in [1.29, 1.82) is 5.26 Å². The second-order valence-corrected chi connectivity index (χ2v) is 6.39. The van der Waals surface area contributed by atoms with Crippen molar-refractivity contribution in [2.75, 3.05) is 13.9 Å². The lowest BCUT2D eigenvalue weighted by Crippen LogP contribution is -2.31. The van der Waals surface area contributed by atoms with Crippen LogP contribution in [0.15, 0.2) is 40.7 Å². The third-order valence-corrected chi connectivity index (χ3v) is 4.91. The van der Waals surface area contributed by atoms with E-state index in [1.165, 1.54) is 13.2 Å². The Morgan fingerprint density at radius 2 is 2.14 bits per heavy atom. The highest BCUT2D eigenvalue weighted by molar-refractivity contribution is 6.06. The van der Waals surface area contributed by atoms with Crippen molar-refractivity contribution in [1.82, 2.24) is 0 Å². The summed E-state index contributed by atoms with van der Waals surface area (Å²) >= 11 is 0. The molecule has 0 aliphatic carbocycles. The zero-order chi connectivity index (χ0) is 19.4. The molecule has 3 heterocycles.